The van der Waals surface area contributed by atoms with E-state index < -0.39 is 0 Å². The minimum Gasteiger partial charge on any atom is -0.381 e. The number of nitrogens with one attached hydrogen (secondary N) is 2. The topological polar surface area (TPSA) is 67.8 Å². The van der Waals surface area contributed by atoms with Crippen LogP contribution in [0.4, 0.5) is 0 Å². The summed E-state index contributed by atoms with van der Waals surface area (Å²) in [6.07, 6.45) is 5.98. The third kappa shape index (κ3) is 9.89. The predicted molar refractivity (Wildman–Crippen MR) is 117 cm³/mol. The van der Waals surface area contributed by atoms with E-state index in [-0.39, 0.29) is 24.0 Å². The van der Waals surface area contributed by atoms with Gasteiger partial charge in [0.25, 0.3) is 0 Å². The van der Waals surface area contributed by atoms with Crippen LogP contribution in [0.15, 0.2) is 23.3 Å². The highest BCUT2D eigenvalue weighted by molar-refractivity contribution is 14.0. The lowest BCUT2D eigenvalue weighted by Crippen LogP contribution is -2.38. The fraction of sp³-hybridized carbons (Fsp3) is 0.667. The molecule has 0 bridgehead atoms. The first-order valence-corrected chi connectivity index (χ1v) is 9.47. The van der Waals surface area contributed by atoms with Gasteiger partial charge in [0, 0.05) is 45.7 Å². The minimum absolute atomic E-state index is 0. The van der Waals surface area contributed by atoms with E-state index in [9.17, 15) is 0 Å². The SMILES string of the molecule is CCNC(=NCCCOC1CCOCC1)NCCc1ccc(Cl)nc1.I. The molecule has 1 aromatic heterocycles. The number of rotatable bonds is 9. The van der Waals surface area contributed by atoms with Gasteiger partial charge in [-0.25, -0.2) is 4.98 Å². The Balaban J connectivity index is 0.00000338. The van der Waals surface area contributed by atoms with Gasteiger partial charge in [-0.15, -0.1) is 24.0 Å². The Bertz CT molecular complexity index is 510. The number of halogens is 2. The van der Waals surface area contributed by atoms with Crippen LogP contribution in [0, 0.1) is 0 Å². The summed E-state index contributed by atoms with van der Waals surface area (Å²) in [6, 6.07) is 3.81. The summed E-state index contributed by atoms with van der Waals surface area (Å²) in [5.74, 6) is 0.843. The van der Waals surface area contributed by atoms with Crippen LogP contribution in [0.25, 0.3) is 0 Å². The summed E-state index contributed by atoms with van der Waals surface area (Å²) >= 11 is 5.80. The lowest BCUT2D eigenvalue weighted by Gasteiger charge is -2.22. The highest BCUT2D eigenvalue weighted by Crippen LogP contribution is 2.10. The molecule has 0 atom stereocenters. The van der Waals surface area contributed by atoms with Crippen molar-refractivity contribution < 1.29 is 9.47 Å². The predicted octanol–water partition coefficient (Wildman–Crippen LogP) is 3.04. The Morgan fingerprint density at radius 3 is 2.85 bits per heavy atom. The zero-order valence-corrected chi connectivity index (χ0v) is 18.5. The second-order valence-electron chi connectivity index (χ2n) is 5.96. The molecule has 0 amide bonds. The van der Waals surface area contributed by atoms with E-state index in [0.717, 1.165) is 76.7 Å². The van der Waals surface area contributed by atoms with Gasteiger partial charge < -0.3 is 20.1 Å². The van der Waals surface area contributed by atoms with Gasteiger partial charge in [-0.3, -0.25) is 4.99 Å². The number of ether oxygens (including phenoxy) is 2. The molecule has 1 aromatic rings. The van der Waals surface area contributed by atoms with Gasteiger partial charge >= 0.3 is 0 Å². The van der Waals surface area contributed by atoms with Crippen LogP contribution in [0.2, 0.25) is 5.15 Å². The van der Waals surface area contributed by atoms with Crippen molar-refractivity contribution in [2.75, 3.05) is 39.5 Å². The summed E-state index contributed by atoms with van der Waals surface area (Å²) < 4.78 is 11.2. The van der Waals surface area contributed by atoms with Crippen molar-refractivity contribution in [3.8, 4) is 0 Å². The number of aliphatic imine (C=N–C) groups is 1. The first-order chi connectivity index (χ1) is 12.3. The van der Waals surface area contributed by atoms with Gasteiger partial charge in [0.1, 0.15) is 5.15 Å². The Hall–Kier alpha value is -0.640. The Labute approximate surface area is 178 Å². The largest absolute Gasteiger partial charge is 0.381 e. The second-order valence-corrected chi connectivity index (χ2v) is 6.35. The third-order valence-electron chi connectivity index (χ3n) is 3.93. The molecule has 1 fully saturated rings. The van der Waals surface area contributed by atoms with Gasteiger partial charge in [-0.1, -0.05) is 17.7 Å². The molecule has 1 saturated heterocycles. The van der Waals surface area contributed by atoms with Crippen molar-refractivity contribution in [1.29, 1.82) is 0 Å². The van der Waals surface area contributed by atoms with Crippen molar-refractivity contribution in [3.05, 3.63) is 29.0 Å². The Morgan fingerprint density at radius 2 is 2.15 bits per heavy atom. The first-order valence-electron chi connectivity index (χ1n) is 9.10. The molecule has 2 heterocycles. The van der Waals surface area contributed by atoms with Crippen molar-refractivity contribution in [1.82, 2.24) is 15.6 Å². The van der Waals surface area contributed by atoms with Gasteiger partial charge in [0.15, 0.2) is 5.96 Å². The summed E-state index contributed by atoms with van der Waals surface area (Å²) in [5, 5.41) is 7.13. The molecule has 2 N–H and O–H groups in total. The molecule has 0 saturated carbocycles. The molecule has 8 heteroatoms. The standard InChI is InChI=1S/C18H29ClN4O2.HI/c1-2-20-18(22-10-6-15-4-5-17(19)23-14-15)21-9-3-11-25-16-7-12-24-13-8-16;/h4-5,14,16H,2-3,6-13H2,1H3,(H2,20,21,22);1H. The van der Waals surface area contributed by atoms with E-state index in [1.807, 2.05) is 18.3 Å². The fourth-order valence-electron chi connectivity index (χ4n) is 2.57. The fourth-order valence-corrected chi connectivity index (χ4v) is 2.68. The number of hydrogen-bond donors (Lipinski definition) is 2. The van der Waals surface area contributed by atoms with E-state index in [4.69, 9.17) is 21.1 Å². The normalized spacial score (nSPS) is 15.4. The molecule has 26 heavy (non-hydrogen) atoms. The smallest absolute Gasteiger partial charge is 0.191 e. The lowest BCUT2D eigenvalue weighted by atomic mass is 10.1. The highest BCUT2D eigenvalue weighted by atomic mass is 127. The molecule has 0 unspecified atom stereocenters. The van der Waals surface area contributed by atoms with Gasteiger partial charge in [-0.05, 0) is 44.2 Å². The van der Waals surface area contributed by atoms with E-state index in [1.54, 1.807) is 0 Å². The van der Waals surface area contributed by atoms with Crippen LogP contribution in [0.1, 0.15) is 31.7 Å². The van der Waals surface area contributed by atoms with Crippen LogP contribution in [-0.4, -0.2) is 56.5 Å². The third-order valence-corrected chi connectivity index (χ3v) is 4.16. The maximum Gasteiger partial charge on any atom is 0.191 e. The molecule has 0 spiro atoms. The molecule has 1 aliphatic heterocycles. The molecule has 2 rings (SSSR count). The van der Waals surface area contributed by atoms with E-state index in [1.165, 1.54) is 0 Å². The molecule has 6 nitrogen and oxygen atoms in total. The number of aromatic nitrogens is 1. The molecular weight excluding hydrogens is 467 g/mol. The molecule has 0 aliphatic carbocycles. The second kappa shape index (κ2) is 14.4. The summed E-state index contributed by atoms with van der Waals surface area (Å²) in [6.45, 7) is 6.85. The number of pyridine rings is 1. The number of hydrogen-bond acceptors (Lipinski definition) is 4. The summed E-state index contributed by atoms with van der Waals surface area (Å²) in [5.41, 5.74) is 1.15. The maximum absolute atomic E-state index is 5.87. The maximum atomic E-state index is 5.87. The summed E-state index contributed by atoms with van der Waals surface area (Å²) in [4.78, 5) is 8.69. The number of guanidine groups is 1. The molecule has 0 aromatic carbocycles. The van der Waals surface area contributed by atoms with Gasteiger partial charge in [0.2, 0.25) is 0 Å². The number of nitrogens with zero attached hydrogens (tertiary/aromatic N) is 2. The van der Waals surface area contributed by atoms with E-state index >= 15 is 0 Å². The highest BCUT2D eigenvalue weighted by Gasteiger charge is 2.13. The average molecular weight is 497 g/mol. The van der Waals surface area contributed by atoms with Crippen LogP contribution in [0.3, 0.4) is 0 Å². The molecule has 0 radical (unpaired) electrons. The van der Waals surface area contributed by atoms with Gasteiger partial charge in [0.05, 0.1) is 6.10 Å². The zero-order chi connectivity index (χ0) is 17.7. The van der Waals surface area contributed by atoms with Crippen molar-refractivity contribution >= 4 is 41.5 Å². The molecule has 1 aliphatic rings. The Kier molecular flexibility index (Phi) is 13.0. The van der Waals surface area contributed by atoms with E-state index in [2.05, 4.69) is 27.5 Å². The van der Waals surface area contributed by atoms with Crippen molar-refractivity contribution in [3.63, 3.8) is 0 Å². The van der Waals surface area contributed by atoms with Crippen LogP contribution < -0.4 is 10.6 Å². The van der Waals surface area contributed by atoms with Crippen LogP contribution >= 0.6 is 35.6 Å². The van der Waals surface area contributed by atoms with Gasteiger partial charge in [-0.2, -0.15) is 0 Å². The quantitative estimate of drug-likeness (QED) is 0.181. The first kappa shape index (κ1) is 23.4. The van der Waals surface area contributed by atoms with E-state index in [0.29, 0.717) is 11.3 Å². The van der Waals surface area contributed by atoms with Crippen LogP contribution in [-0.2, 0) is 15.9 Å². The monoisotopic (exact) mass is 496 g/mol. The average Bonchev–Trinajstić information content (AvgIpc) is 2.64. The zero-order valence-electron chi connectivity index (χ0n) is 15.4. The Morgan fingerprint density at radius 1 is 1.35 bits per heavy atom. The van der Waals surface area contributed by atoms with Crippen molar-refractivity contribution in [2.45, 2.75) is 38.7 Å². The molecule has 148 valence electrons. The van der Waals surface area contributed by atoms with Crippen molar-refractivity contribution in [2.24, 2.45) is 4.99 Å². The van der Waals surface area contributed by atoms with Crippen LogP contribution in [0.5, 0.6) is 0 Å². The summed E-state index contributed by atoms with van der Waals surface area (Å²) in [7, 11) is 0. The lowest BCUT2D eigenvalue weighted by molar-refractivity contribution is -0.0318. The molecular formula is C18H30ClIN4O2. The minimum atomic E-state index is 0.